The first kappa shape index (κ1) is 23.6. The number of Topliss-reactive ketones (excluding diaryl/α,β-unsaturated/α-hetero) is 1. The van der Waals surface area contributed by atoms with Crippen molar-refractivity contribution in [2.75, 3.05) is 6.61 Å². The Morgan fingerprint density at radius 3 is 2.31 bits per heavy atom. The molecular weight excluding hydrogens is 452 g/mol. The minimum atomic E-state index is -0.911. The summed E-state index contributed by atoms with van der Waals surface area (Å²) in [4.78, 5) is 13.1. The predicted molar refractivity (Wildman–Crippen MR) is 125 cm³/mol. The van der Waals surface area contributed by atoms with Gasteiger partial charge in [0.2, 0.25) is 5.78 Å². The van der Waals surface area contributed by atoms with Gasteiger partial charge in [-0.2, -0.15) is 0 Å². The largest absolute Gasteiger partial charge is 0.506 e. The van der Waals surface area contributed by atoms with Crippen molar-refractivity contribution in [1.29, 1.82) is 10.8 Å². The van der Waals surface area contributed by atoms with Crippen LogP contribution in [0, 0.1) is 10.8 Å². The van der Waals surface area contributed by atoms with Gasteiger partial charge < -0.3 is 19.4 Å². The number of rotatable bonds is 7. The molecule has 0 aliphatic rings. The van der Waals surface area contributed by atoms with Gasteiger partial charge in [-0.1, -0.05) is 47.6 Å². The Labute approximate surface area is 194 Å². The molecule has 1 heterocycles. The van der Waals surface area contributed by atoms with Gasteiger partial charge >= 0.3 is 0 Å². The van der Waals surface area contributed by atoms with Gasteiger partial charge in [-0.05, 0) is 43.7 Å². The summed E-state index contributed by atoms with van der Waals surface area (Å²) in [5.41, 5.74) is 1.60. The minimum absolute atomic E-state index is 0.0548. The van der Waals surface area contributed by atoms with Crippen molar-refractivity contribution < 1.29 is 24.2 Å². The van der Waals surface area contributed by atoms with Crippen LogP contribution >= 0.6 is 23.4 Å². The van der Waals surface area contributed by atoms with Crippen molar-refractivity contribution in [3.05, 3.63) is 70.4 Å². The molecule has 0 amide bonds. The maximum atomic E-state index is 13.1. The highest BCUT2D eigenvalue weighted by Crippen LogP contribution is 2.38. The number of aromatic hydroxyl groups is 2. The molecule has 0 radical (unpaired) electrons. The summed E-state index contributed by atoms with van der Waals surface area (Å²) in [5.74, 6) is -0.679. The van der Waals surface area contributed by atoms with E-state index >= 15 is 0 Å². The van der Waals surface area contributed by atoms with Crippen LogP contribution in [-0.4, -0.2) is 32.7 Å². The minimum Gasteiger partial charge on any atom is -0.506 e. The van der Waals surface area contributed by atoms with E-state index in [2.05, 4.69) is 0 Å². The molecule has 2 aromatic carbocycles. The van der Waals surface area contributed by atoms with Crippen molar-refractivity contribution in [2.24, 2.45) is 0 Å². The molecule has 166 valence electrons. The number of hydrogen-bond donors (Lipinski definition) is 4. The van der Waals surface area contributed by atoms with Gasteiger partial charge in [0.15, 0.2) is 5.76 Å². The van der Waals surface area contributed by atoms with E-state index in [1.54, 1.807) is 44.2 Å². The number of carbonyl (C=O) groups is 1. The molecular formula is C23H21ClN2O5S. The Balaban J connectivity index is 1.86. The zero-order valence-corrected chi connectivity index (χ0v) is 18.9. The van der Waals surface area contributed by atoms with E-state index in [-0.39, 0.29) is 33.1 Å². The van der Waals surface area contributed by atoms with E-state index in [9.17, 15) is 15.0 Å². The second-order valence-electron chi connectivity index (χ2n) is 6.80. The lowest BCUT2D eigenvalue weighted by Gasteiger charge is -2.16. The SMILES string of the molecule is CCOC(C(=O)c1ccc(-c2cc(O)c(Cl)c(O)c2)o1)c1ccc(C(=N)SC(C)=N)cc1. The van der Waals surface area contributed by atoms with Crippen LogP contribution in [0.25, 0.3) is 11.3 Å². The van der Waals surface area contributed by atoms with Gasteiger partial charge in [0.05, 0.1) is 5.04 Å². The Bertz CT molecular complexity index is 1150. The van der Waals surface area contributed by atoms with Crippen LogP contribution in [-0.2, 0) is 4.74 Å². The quantitative estimate of drug-likeness (QED) is 0.189. The normalized spacial score (nSPS) is 11.8. The predicted octanol–water partition coefficient (Wildman–Crippen LogP) is 6.03. The summed E-state index contributed by atoms with van der Waals surface area (Å²) < 4.78 is 11.4. The number of ether oxygens (including phenoxy) is 1. The van der Waals surface area contributed by atoms with Crippen LogP contribution in [0.1, 0.15) is 41.6 Å². The lowest BCUT2D eigenvalue weighted by Crippen LogP contribution is -2.16. The fourth-order valence-electron chi connectivity index (χ4n) is 3.00. The highest BCUT2D eigenvalue weighted by Gasteiger charge is 2.26. The van der Waals surface area contributed by atoms with Crippen LogP contribution in [0.15, 0.2) is 52.9 Å². The number of phenolic OH excluding ortho intramolecular Hbond substituents is 2. The summed E-state index contributed by atoms with van der Waals surface area (Å²) in [5, 5.41) is 35.6. The average Bonchev–Trinajstić information content (AvgIpc) is 3.25. The van der Waals surface area contributed by atoms with Crippen molar-refractivity contribution in [3.8, 4) is 22.8 Å². The summed E-state index contributed by atoms with van der Waals surface area (Å²) in [6.45, 7) is 3.69. The van der Waals surface area contributed by atoms with Gasteiger partial charge in [-0.15, -0.1) is 0 Å². The molecule has 3 aromatic rings. The Hall–Kier alpha value is -3.07. The lowest BCUT2D eigenvalue weighted by atomic mass is 10.0. The summed E-state index contributed by atoms with van der Waals surface area (Å²) in [6, 6.07) is 12.6. The van der Waals surface area contributed by atoms with Gasteiger partial charge in [-0.25, -0.2) is 0 Å². The molecule has 0 bridgehead atoms. The second kappa shape index (κ2) is 10.0. The van der Waals surface area contributed by atoms with E-state index in [0.717, 1.165) is 11.8 Å². The van der Waals surface area contributed by atoms with Crippen molar-refractivity contribution in [3.63, 3.8) is 0 Å². The van der Waals surface area contributed by atoms with Gasteiger partial charge in [0.1, 0.15) is 33.4 Å². The standard InChI is InChI=1S/C23H21ClN2O5S/c1-3-30-22(13-4-6-14(7-5-13)23(26)32-12(2)25)21(29)19-9-8-18(31-19)15-10-16(27)20(24)17(28)11-15/h4-11,22,25-28H,3H2,1-2H3. The van der Waals surface area contributed by atoms with Crippen LogP contribution in [0.2, 0.25) is 5.02 Å². The van der Waals surface area contributed by atoms with Crippen LogP contribution < -0.4 is 0 Å². The van der Waals surface area contributed by atoms with Gasteiger partial charge in [-0.3, -0.25) is 15.6 Å². The number of hydrogen-bond acceptors (Lipinski definition) is 8. The smallest absolute Gasteiger partial charge is 0.231 e. The van der Waals surface area contributed by atoms with Crippen LogP contribution in [0.5, 0.6) is 11.5 Å². The van der Waals surface area contributed by atoms with Gasteiger partial charge in [0.25, 0.3) is 0 Å². The molecule has 0 spiro atoms. The first-order valence-corrected chi connectivity index (χ1v) is 10.8. The molecule has 3 rings (SSSR count). The van der Waals surface area contributed by atoms with Crippen LogP contribution in [0.3, 0.4) is 0 Å². The number of carbonyl (C=O) groups excluding carboxylic acids is 1. The third-order valence-electron chi connectivity index (χ3n) is 4.47. The third-order valence-corrected chi connectivity index (χ3v) is 5.60. The number of ketones is 1. The van der Waals surface area contributed by atoms with E-state index < -0.39 is 11.9 Å². The maximum Gasteiger partial charge on any atom is 0.231 e. The zero-order chi connectivity index (χ0) is 23.4. The van der Waals surface area contributed by atoms with Crippen molar-refractivity contribution >= 4 is 39.2 Å². The van der Waals surface area contributed by atoms with Crippen molar-refractivity contribution in [1.82, 2.24) is 0 Å². The molecule has 0 saturated carbocycles. The molecule has 32 heavy (non-hydrogen) atoms. The number of benzene rings is 2. The van der Waals surface area contributed by atoms with Crippen LogP contribution in [0.4, 0.5) is 0 Å². The second-order valence-corrected chi connectivity index (χ2v) is 8.40. The molecule has 7 nitrogen and oxygen atoms in total. The Kier molecular flexibility index (Phi) is 7.40. The maximum absolute atomic E-state index is 13.1. The summed E-state index contributed by atoms with van der Waals surface area (Å²) in [7, 11) is 0. The molecule has 0 saturated heterocycles. The molecule has 0 aliphatic heterocycles. The highest BCUT2D eigenvalue weighted by atomic mass is 35.5. The highest BCUT2D eigenvalue weighted by molar-refractivity contribution is 8.26. The molecule has 9 heteroatoms. The Morgan fingerprint density at radius 1 is 1.12 bits per heavy atom. The number of thioether (sulfide) groups is 1. The molecule has 0 fully saturated rings. The van der Waals surface area contributed by atoms with Crippen molar-refractivity contribution in [2.45, 2.75) is 20.0 Å². The number of nitrogens with one attached hydrogen (secondary N) is 2. The molecule has 0 aliphatic carbocycles. The van der Waals surface area contributed by atoms with E-state index in [1.807, 2.05) is 0 Å². The van der Waals surface area contributed by atoms with E-state index in [0.29, 0.717) is 28.3 Å². The van der Waals surface area contributed by atoms with E-state index in [1.165, 1.54) is 18.2 Å². The monoisotopic (exact) mass is 472 g/mol. The first-order valence-electron chi connectivity index (χ1n) is 9.60. The Morgan fingerprint density at radius 2 is 1.75 bits per heavy atom. The number of phenols is 2. The lowest BCUT2D eigenvalue weighted by molar-refractivity contribution is 0.0428. The topological polar surface area (TPSA) is 128 Å². The fraction of sp³-hybridized carbons (Fsp3) is 0.174. The number of furan rings is 1. The van der Waals surface area contributed by atoms with E-state index in [4.69, 9.17) is 31.6 Å². The molecule has 1 unspecified atom stereocenters. The zero-order valence-electron chi connectivity index (χ0n) is 17.3. The third kappa shape index (κ3) is 5.21. The number of halogens is 1. The first-order chi connectivity index (χ1) is 15.2. The fourth-order valence-corrected chi connectivity index (χ4v) is 3.67. The van der Waals surface area contributed by atoms with Gasteiger partial charge in [0, 0.05) is 17.7 Å². The molecule has 1 atom stereocenters. The average molecular weight is 473 g/mol. The molecule has 4 N–H and O–H groups in total. The summed E-state index contributed by atoms with van der Waals surface area (Å²) >= 11 is 6.81. The summed E-state index contributed by atoms with van der Waals surface area (Å²) in [6.07, 6.45) is -0.911. The molecule has 1 aromatic heterocycles.